The first-order valence-corrected chi connectivity index (χ1v) is 7.91. The summed E-state index contributed by atoms with van der Waals surface area (Å²) in [4.78, 5) is 23.8. The molecule has 0 aliphatic carbocycles. The maximum Gasteiger partial charge on any atom is 0.252 e. The minimum Gasteiger partial charge on any atom is -0.350 e. The number of halogens is 3. The second kappa shape index (κ2) is 8.08. The largest absolute Gasteiger partial charge is 0.350 e. The molecule has 0 aliphatic heterocycles. The Bertz CT molecular complexity index is 723. The Morgan fingerprint density at radius 1 is 1.00 bits per heavy atom. The molecule has 0 heterocycles. The fraction of sp³-hybridized carbons (Fsp3) is 0.125. The molecule has 0 saturated carbocycles. The normalized spacial score (nSPS) is 10.2. The molecule has 7 heteroatoms. The molecule has 0 fully saturated rings. The second-order valence-electron chi connectivity index (χ2n) is 4.64. The van der Waals surface area contributed by atoms with Crippen molar-refractivity contribution in [2.45, 2.75) is 0 Å². The van der Waals surface area contributed by atoms with E-state index in [-0.39, 0.29) is 24.9 Å². The van der Waals surface area contributed by atoms with Gasteiger partial charge < -0.3 is 10.6 Å². The summed E-state index contributed by atoms with van der Waals surface area (Å²) < 4.78 is 13.4. The molecule has 23 heavy (non-hydrogen) atoms. The molecule has 0 atom stereocenters. The van der Waals surface area contributed by atoms with E-state index in [0.29, 0.717) is 20.6 Å². The molecule has 0 saturated heterocycles. The first-order chi connectivity index (χ1) is 11.0. The van der Waals surface area contributed by atoms with E-state index in [4.69, 9.17) is 11.6 Å². The molecule has 2 aromatic rings. The van der Waals surface area contributed by atoms with Crippen molar-refractivity contribution in [3.8, 4) is 0 Å². The van der Waals surface area contributed by atoms with Gasteiger partial charge in [-0.1, -0.05) is 11.6 Å². The molecular formula is C16H13BrClFN2O2. The van der Waals surface area contributed by atoms with Crippen LogP contribution in [0.25, 0.3) is 0 Å². The van der Waals surface area contributed by atoms with Crippen molar-refractivity contribution in [2.75, 3.05) is 13.1 Å². The van der Waals surface area contributed by atoms with Crippen LogP contribution in [0.4, 0.5) is 4.39 Å². The topological polar surface area (TPSA) is 58.2 Å². The summed E-state index contributed by atoms with van der Waals surface area (Å²) in [5, 5.41) is 5.88. The predicted molar refractivity (Wildman–Crippen MR) is 90.2 cm³/mol. The van der Waals surface area contributed by atoms with E-state index in [0.717, 1.165) is 0 Å². The van der Waals surface area contributed by atoms with Crippen LogP contribution in [0.1, 0.15) is 20.7 Å². The van der Waals surface area contributed by atoms with Crippen molar-refractivity contribution in [3.63, 3.8) is 0 Å². The third-order valence-corrected chi connectivity index (χ3v) is 3.89. The van der Waals surface area contributed by atoms with Crippen molar-refractivity contribution in [2.24, 2.45) is 0 Å². The number of carbonyl (C=O) groups is 2. The zero-order valence-electron chi connectivity index (χ0n) is 11.9. The van der Waals surface area contributed by atoms with Crippen molar-refractivity contribution in [1.82, 2.24) is 10.6 Å². The molecule has 0 radical (unpaired) electrons. The van der Waals surface area contributed by atoms with Crippen molar-refractivity contribution in [1.29, 1.82) is 0 Å². The van der Waals surface area contributed by atoms with E-state index in [1.165, 1.54) is 18.2 Å². The Kier molecular flexibility index (Phi) is 6.12. The first kappa shape index (κ1) is 17.4. The minimum absolute atomic E-state index is 0.251. The van der Waals surface area contributed by atoms with Crippen molar-refractivity contribution in [3.05, 3.63) is 68.9 Å². The van der Waals surface area contributed by atoms with Gasteiger partial charge in [-0.2, -0.15) is 0 Å². The van der Waals surface area contributed by atoms with Crippen LogP contribution in [-0.2, 0) is 0 Å². The van der Waals surface area contributed by atoms with Gasteiger partial charge >= 0.3 is 0 Å². The fourth-order valence-corrected chi connectivity index (χ4v) is 2.48. The lowest BCUT2D eigenvalue weighted by Gasteiger charge is -2.08. The van der Waals surface area contributed by atoms with E-state index < -0.39 is 5.82 Å². The van der Waals surface area contributed by atoms with Crippen LogP contribution in [0.5, 0.6) is 0 Å². The van der Waals surface area contributed by atoms with Gasteiger partial charge in [0.2, 0.25) is 0 Å². The molecular weight excluding hydrogens is 387 g/mol. The Morgan fingerprint density at radius 3 is 2.22 bits per heavy atom. The van der Waals surface area contributed by atoms with Crippen LogP contribution in [0.2, 0.25) is 5.02 Å². The van der Waals surface area contributed by atoms with Gasteiger partial charge in [0.25, 0.3) is 11.8 Å². The summed E-state index contributed by atoms with van der Waals surface area (Å²) in [6, 6.07) is 10.3. The molecule has 0 bridgehead atoms. The summed E-state index contributed by atoms with van der Waals surface area (Å²) in [5.41, 5.74) is 0.817. The maximum atomic E-state index is 13.0. The monoisotopic (exact) mass is 398 g/mol. The standard InChI is InChI=1S/C16H13BrClFN2O2/c17-14-9-12(19)5-6-13(14)16(23)21-8-7-20-15(22)10-1-3-11(18)4-2-10/h1-6,9H,7-8H2,(H,20,22)(H,21,23). The number of amides is 2. The molecule has 120 valence electrons. The van der Waals surface area contributed by atoms with Crippen LogP contribution in [-0.4, -0.2) is 24.9 Å². The van der Waals surface area contributed by atoms with Crippen LogP contribution in [0.3, 0.4) is 0 Å². The number of carbonyl (C=O) groups excluding carboxylic acids is 2. The number of benzene rings is 2. The lowest BCUT2D eigenvalue weighted by Crippen LogP contribution is -2.34. The summed E-state index contributed by atoms with van der Waals surface area (Å²) in [6.45, 7) is 0.522. The highest BCUT2D eigenvalue weighted by atomic mass is 79.9. The van der Waals surface area contributed by atoms with E-state index in [1.807, 2.05) is 0 Å². The smallest absolute Gasteiger partial charge is 0.252 e. The Labute approximate surface area is 146 Å². The summed E-state index contributed by atoms with van der Waals surface area (Å²) >= 11 is 8.89. The molecule has 2 aromatic carbocycles. The molecule has 2 amide bonds. The van der Waals surface area contributed by atoms with Crippen LogP contribution in [0.15, 0.2) is 46.9 Å². The minimum atomic E-state index is -0.427. The zero-order chi connectivity index (χ0) is 16.8. The van der Waals surface area contributed by atoms with Gasteiger partial charge in [-0.3, -0.25) is 9.59 Å². The molecule has 0 unspecified atom stereocenters. The van der Waals surface area contributed by atoms with Gasteiger partial charge in [0.05, 0.1) is 5.56 Å². The van der Waals surface area contributed by atoms with Crippen LogP contribution < -0.4 is 10.6 Å². The molecule has 0 aliphatic rings. The highest BCUT2D eigenvalue weighted by Gasteiger charge is 2.10. The number of hydrogen-bond donors (Lipinski definition) is 2. The molecule has 2 rings (SSSR count). The number of nitrogens with one attached hydrogen (secondary N) is 2. The average Bonchev–Trinajstić information content (AvgIpc) is 2.51. The summed E-state index contributed by atoms with van der Waals surface area (Å²) in [7, 11) is 0. The van der Waals surface area contributed by atoms with Gasteiger partial charge in [0, 0.05) is 28.1 Å². The van der Waals surface area contributed by atoms with Gasteiger partial charge in [-0.05, 0) is 58.4 Å². The SMILES string of the molecule is O=C(NCCNC(=O)c1ccc(F)cc1Br)c1ccc(Cl)cc1. The lowest BCUT2D eigenvalue weighted by atomic mass is 10.2. The van der Waals surface area contributed by atoms with Crippen molar-refractivity contribution >= 4 is 39.3 Å². The van der Waals surface area contributed by atoms with Gasteiger partial charge in [-0.25, -0.2) is 4.39 Å². The lowest BCUT2D eigenvalue weighted by molar-refractivity contribution is 0.0927. The predicted octanol–water partition coefficient (Wildman–Crippen LogP) is 3.40. The molecule has 2 N–H and O–H groups in total. The van der Waals surface area contributed by atoms with E-state index in [1.54, 1.807) is 24.3 Å². The molecule has 0 aromatic heterocycles. The summed E-state index contributed by atoms with van der Waals surface area (Å²) in [5.74, 6) is -1.03. The highest BCUT2D eigenvalue weighted by Crippen LogP contribution is 2.17. The third-order valence-electron chi connectivity index (χ3n) is 2.98. The van der Waals surface area contributed by atoms with Crippen molar-refractivity contribution < 1.29 is 14.0 Å². The third kappa shape index (κ3) is 5.04. The molecule has 0 spiro atoms. The van der Waals surface area contributed by atoms with E-state index in [9.17, 15) is 14.0 Å². The van der Waals surface area contributed by atoms with E-state index in [2.05, 4.69) is 26.6 Å². The zero-order valence-corrected chi connectivity index (χ0v) is 14.2. The number of hydrogen-bond acceptors (Lipinski definition) is 2. The maximum absolute atomic E-state index is 13.0. The first-order valence-electron chi connectivity index (χ1n) is 6.74. The number of rotatable bonds is 5. The second-order valence-corrected chi connectivity index (χ2v) is 5.93. The Morgan fingerprint density at radius 2 is 1.61 bits per heavy atom. The van der Waals surface area contributed by atoms with Gasteiger partial charge in [0.15, 0.2) is 0 Å². The highest BCUT2D eigenvalue weighted by molar-refractivity contribution is 9.10. The Hall–Kier alpha value is -1.92. The fourth-order valence-electron chi connectivity index (χ4n) is 1.82. The van der Waals surface area contributed by atoms with Crippen LogP contribution in [0, 0.1) is 5.82 Å². The molecule has 4 nitrogen and oxygen atoms in total. The van der Waals surface area contributed by atoms with E-state index >= 15 is 0 Å². The van der Waals surface area contributed by atoms with Gasteiger partial charge in [0.1, 0.15) is 5.82 Å². The van der Waals surface area contributed by atoms with Crippen LogP contribution >= 0.6 is 27.5 Å². The quantitative estimate of drug-likeness (QED) is 0.757. The summed E-state index contributed by atoms with van der Waals surface area (Å²) in [6.07, 6.45) is 0. The Balaban J connectivity index is 1.79. The van der Waals surface area contributed by atoms with Gasteiger partial charge in [-0.15, -0.1) is 0 Å². The average molecular weight is 400 g/mol.